The van der Waals surface area contributed by atoms with E-state index in [9.17, 15) is 29.1 Å². The first-order chi connectivity index (χ1) is 31.6. The fourth-order valence-corrected chi connectivity index (χ4v) is 9.94. The second-order valence-corrected chi connectivity index (χ2v) is 19.0. The topological polar surface area (TPSA) is 163 Å². The van der Waals surface area contributed by atoms with E-state index >= 15 is 0 Å². The number of ether oxygens (including phenoxy) is 2. The van der Waals surface area contributed by atoms with Gasteiger partial charge in [0.2, 0.25) is 17.7 Å². The van der Waals surface area contributed by atoms with E-state index in [1.165, 1.54) is 16.6 Å². The smallest absolute Gasteiger partial charge is 0.324 e. The Morgan fingerprint density at radius 2 is 1.80 bits per heavy atom. The Morgan fingerprint density at radius 1 is 1.02 bits per heavy atom. The third-order valence-corrected chi connectivity index (χ3v) is 13.2. The average Bonchev–Trinajstić information content (AvgIpc) is 3.59. The number of rotatable bonds is 10. The maximum atomic E-state index is 14.7. The van der Waals surface area contributed by atoms with Crippen LogP contribution in [-0.2, 0) is 59.3 Å². The summed E-state index contributed by atoms with van der Waals surface area (Å²) in [5.74, 6) is -2.25. The molecule has 0 saturated carbocycles. The zero-order valence-electron chi connectivity index (χ0n) is 39.4. The molecule has 66 heavy (non-hydrogen) atoms. The van der Waals surface area contributed by atoms with Crippen LogP contribution in [0.5, 0.6) is 5.75 Å². The Morgan fingerprint density at radius 3 is 2.55 bits per heavy atom. The molecule has 3 N–H and O–H groups in total. The molecule has 7 rings (SSSR count). The number of hydrogen-bond acceptors (Lipinski definition) is 9. The lowest BCUT2D eigenvalue weighted by Gasteiger charge is -2.38. The minimum atomic E-state index is -1.15. The van der Waals surface area contributed by atoms with Gasteiger partial charge in [-0.1, -0.05) is 70.7 Å². The first-order valence-corrected chi connectivity index (χ1v) is 23.4. The minimum absolute atomic E-state index is 0.00365. The van der Waals surface area contributed by atoms with Gasteiger partial charge in [-0.15, -0.1) is 0 Å². The van der Waals surface area contributed by atoms with Gasteiger partial charge in [0.25, 0.3) is 5.91 Å². The second kappa shape index (κ2) is 20.7. The molecule has 3 aromatic carbocycles. The van der Waals surface area contributed by atoms with Crippen LogP contribution in [0.2, 0.25) is 0 Å². The van der Waals surface area contributed by atoms with Crippen LogP contribution in [0.4, 0.5) is 0 Å². The lowest BCUT2D eigenvalue weighted by Crippen LogP contribution is -2.62. The summed E-state index contributed by atoms with van der Waals surface area (Å²) in [6.45, 7) is 16.2. The predicted octanol–water partition coefficient (Wildman–Crippen LogP) is 6.20. The summed E-state index contributed by atoms with van der Waals surface area (Å²) in [4.78, 5) is 72.5. The number of carbonyl (C=O) groups is 5. The number of aryl methyl sites for hydroxylation is 1. The number of hydrazine groups is 1. The molecular formula is C52H66N6O8. The van der Waals surface area contributed by atoms with E-state index in [0.717, 1.165) is 45.3 Å². The van der Waals surface area contributed by atoms with Crippen LogP contribution in [0.15, 0.2) is 73.3 Å². The zero-order chi connectivity index (χ0) is 47.3. The lowest BCUT2D eigenvalue weighted by molar-refractivity contribution is -0.155. The Labute approximate surface area is 388 Å². The molecule has 3 aliphatic heterocycles. The van der Waals surface area contributed by atoms with Gasteiger partial charge in [-0.05, 0) is 103 Å². The van der Waals surface area contributed by atoms with E-state index < -0.39 is 41.3 Å². The van der Waals surface area contributed by atoms with Gasteiger partial charge >= 0.3 is 5.97 Å². The molecule has 14 heteroatoms. The summed E-state index contributed by atoms with van der Waals surface area (Å²) in [6.07, 6.45) is 4.03. The predicted molar refractivity (Wildman–Crippen MR) is 254 cm³/mol. The molecule has 4 aromatic rings. The molecule has 3 atom stereocenters. The molecule has 1 aromatic heterocycles. The molecule has 2 saturated heterocycles. The van der Waals surface area contributed by atoms with Gasteiger partial charge in [0.1, 0.15) is 23.9 Å². The highest BCUT2D eigenvalue weighted by Gasteiger charge is 2.39. The van der Waals surface area contributed by atoms with Crippen molar-refractivity contribution in [2.24, 2.45) is 11.3 Å². The van der Waals surface area contributed by atoms with Crippen LogP contribution in [-0.4, -0.2) is 119 Å². The number of cyclic esters (lactones) is 1. The molecule has 4 heterocycles. The monoisotopic (exact) mass is 902 g/mol. The molecule has 0 radical (unpaired) electrons. The number of methoxy groups -OCH3 is 1. The van der Waals surface area contributed by atoms with Crippen LogP contribution in [0.1, 0.15) is 77.0 Å². The van der Waals surface area contributed by atoms with Crippen molar-refractivity contribution in [3.05, 3.63) is 90.0 Å². The van der Waals surface area contributed by atoms with Crippen molar-refractivity contribution in [2.75, 3.05) is 46.5 Å². The van der Waals surface area contributed by atoms with Crippen LogP contribution < -0.4 is 10.7 Å². The molecule has 0 aliphatic carbocycles. The van der Waals surface area contributed by atoms with E-state index in [4.69, 9.17) is 9.47 Å². The van der Waals surface area contributed by atoms with E-state index in [2.05, 4.69) is 79.1 Å². The SMILES string of the molecule is C=CC(=O)N1CCCN(C(C(=O)N[C@H]2Cc3cc(O)cc(c3)-c3ccc4c(c3)c(c(-c3ccccc3CCOC)n4CC)CC(C)(C)COC(=O)[C@@H]3CCCN(N3)C2=O)C(C)C)C(=O)CC1. The quantitative estimate of drug-likeness (QED) is 0.124. The van der Waals surface area contributed by atoms with E-state index in [-0.39, 0.29) is 62.6 Å². The van der Waals surface area contributed by atoms with Crippen LogP contribution in [0.25, 0.3) is 33.3 Å². The third kappa shape index (κ3) is 10.5. The molecule has 6 bridgehead atoms. The summed E-state index contributed by atoms with van der Waals surface area (Å²) in [5, 5.41) is 16.8. The van der Waals surface area contributed by atoms with E-state index in [1.807, 2.05) is 26.0 Å². The number of aromatic hydroxyl groups is 1. The van der Waals surface area contributed by atoms with Gasteiger partial charge in [0.15, 0.2) is 0 Å². The number of aromatic nitrogens is 1. The second-order valence-electron chi connectivity index (χ2n) is 19.0. The summed E-state index contributed by atoms with van der Waals surface area (Å²) in [7, 11) is 1.71. The van der Waals surface area contributed by atoms with Gasteiger partial charge < -0.3 is 34.3 Å². The maximum Gasteiger partial charge on any atom is 0.324 e. The van der Waals surface area contributed by atoms with Gasteiger partial charge in [-0.3, -0.25) is 29.0 Å². The van der Waals surface area contributed by atoms with Gasteiger partial charge in [0, 0.05) is 74.6 Å². The molecule has 14 nitrogen and oxygen atoms in total. The summed E-state index contributed by atoms with van der Waals surface area (Å²) < 4.78 is 14.0. The average molecular weight is 903 g/mol. The van der Waals surface area contributed by atoms with Crippen molar-refractivity contribution in [2.45, 2.75) is 104 Å². The number of benzene rings is 3. The largest absolute Gasteiger partial charge is 0.508 e. The third-order valence-electron chi connectivity index (χ3n) is 13.2. The minimum Gasteiger partial charge on any atom is -0.508 e. The van der Waals surface area contributed by atoms with Gasteiger partial charge in [-0.25, -0.2) is 5.43 Å². The molecule has 1 unspecified atom stereocenters. The van der Waals surface area contributed by atoms with Crippen molar-refractivity contribution in [3.8, 4) is 28.1 Å². The van der Waals surface area contributed by atoms with Crippen LogP contribution in [0.3, 0.4) is 0 Å². The molecule has 3 aliphatic rings. The first kappa shape index (κ1) is 48.0. The highest BCUT2D eigenvalue weighted by Crippen LogP contribution is 2.41. The van der Waals surface area contributed by atoms with E-state index in [1.54, 1.807) is 29.0 Å². The molecule has 4 amide bonds. The Balaban J connectivity index is 1.31. The number of phenols is 1. The zero-order valence-corrected chi connectivity index (χ0v) is 39.4. The summed E-state index contributed by atoms with van der Waals surface area (Å²) in [5.41, 5.74) is 10.4. The van der Waals surface area contributed by atoms with Crippen LogP contribution >= 0.6 is 0 Å². The number of hydrogen-bond donors (Lipinski definition) is 3. The Bertz CT molecular complexity index is 2480. The maximum absolute atomic E-state index is 14.7. The first-order valence-electron chi connectivity index (χ1n) is 23.4. The Hall–Kier alpha value is -5.99. The fourth-order valence-electron chi connectivity index (χ4n) is 9.94. The molecular weight excluding hydrogens is 837 g/mol. The van der Waals surface area contributed by atoms with Gasteiger partial charge in [-0.2, -0.15) is 0 Å². The fraction of sp³-hybridized carbons (Fsp3) is 0.481. The number of phenolic OH excluding ortho intramolecular Hbond substituents is 1. The van der Waals surface area contributed by atoms with Crippen molar-refractivity contribution in [1.29, 1.82) is 0 Å². The standard InChI is InChI=1S/C52H66N6O8/c1-8-45(60)55-21-13-22-57(46(61)19-24-55)47(33(3)4)49(62)53-43-28-34-26-37(29-38(59)27-34)36-17-18-44-40(30-36)41(48(56(44)9-2)39-15-11-10-14-35(39)20-25-65-7)31-52(5,6)32-66-51(64)42-16-12-23-58(54-42)50(43)63/h8,10-11,14-15,17-18,26-27,29-30,33,42-43,47,54,59H,1,9,12-13,16,19-25,28,31-32H2,2-7H3,(H,53,62)/t42-,43-,47?/m0/s1. The molecule has 2 fully saturated rings. The summed E-state index contributed by atoms with van der Waals surface area (Å²) >= 11 is 0. The lowest BCUT2D eigenvalue weighted by atomic mass is 9.83. The highest BCUT2D eigenvalue weighted by atomic mass is 16.5. The molecule has 0 spiro atoms. The number of fused-ring (bicyclic) bond motifs is 6. The van der Waals surface area contributed by atoms with Crippen molar-refractivity contribution in [1.82, 2.24) is 30.1 Å². The van der Waals surface area contributed by atoms with E-state index in [0.29, 0.717) is 50.9 Å². The van der Waals surface area contributed by atoms with Gasteiger partial charge in [0.05, 0.1) is 18.9 Å². The number of nitrogens with zero attached hydrogens (tertiary/aromatic N) is 4. The highest BCUT2D eigenvalue weighted by molar-refractivity contribution is 5.96. The number of esters is 1. The van der Waals surface area contributed by atoms with Crippen molar-refractivity contribution in [3.63, 3.8) is 0 Å². The summed E-state index contributed by atoms with van der Waals surface area (Å²) in [6, 6.07) is 17.1. The number of amides is 4. The molecule has 352 valence electrons. The normalized spacial score (nSPS) is 20.0. The van der Waals surface area contributed by atoms with Crippen LogP contribution in [0, 0.1) is 11.3 Å². The van der Waals surface area contributed by atoms with Crippen molar-refractivity contribution >= 4 is 40.5 Å². The van der Waals surface area contributed by atoms with Crippen molar-refractivity contribution < 1.29 is 38.6 Å². The number of carbonyl (C=O) groups excluding carboxylic acids is 5. The Kier molecular flexibility index (Phi) is 15.0. The number of nitrogens with one attached hydrogen (secondary N) is 2.